The zero-order chi connectivity index (χ0) is 21.8. The molecule has 3 rings (SSSR count). The van der Waals surface area contributed by atoms with Gasteiger partial charge in [-0.05, 0) is 74.7 Å². The average Bonchev–Trinajstić information content (AvgIpc) is 3.02. The van der Waals surface area contributed by atoms with Crippen molar-refractivity contribution in [1.29, 1.82) is 0 Å². The minimum atomic E-state index is -0.365. The molecule has 0 aliphatic heterocycles. The molecule has 0 radical (unpaired) electrons. The lowest BCUT2D eigenvalue weighted by molar-refractivity contribution is -0.140. The van der Waals surface area contributed by atoms with Crippen LogP contribution in [0.3, 0.4) is 0 Å². The molecule has 3 aromatic rings. The molecule has 0 fully saturated rings. The van der Waals surface area contributed by atoms with E-state index in [2.05, 4.69) is 10.4 Å². The highest BCUT2D eigenvalue weighted by atomic mass is 19.1. The molecule has 0 saturated carbocycles. The van der Waals surface area contributed by atoms with Crippen molar-refractivity contribution >= 4 is 17.6 Å². The molecule has 0 saturated heterocycles. The van der Waals surface area contributed by atoms with E-state index in [1.165, 1.54) is 13.2 Å². The van der Waals surface area contributed by atoms with E-state index >= 15 is 0 Å². The van der Waals surface area contributed by atoms with E-state index < -0.39 is 0 Å². The van der Waals surface area contributed by atoms with Crippen molar-refractivity contribution in [2.45, 2.75) is 33.6 Å². The molecule has 0 spiro atoms. The van der Waals surface area contributed by atoms with Gasteiger partial charge in [0.15, 0.2) is 0 Å². The van der Waals surface area contributed by atoms with E-state index in [1.54, 1.807) is 48.0 Å². The molecule has 1 N–H and O–H groups in total. The van der Waals surface area contributed by atoms with Gasteiger partial charge in [-0.15, -0.1) is 0 Å². The quantitative estimate of drug-likeness (QED) is 0.616. The number of carbonyl (C=O) groups excluding carboxylic acids is 2. The van der Waals surface area contributed by atoms with E-state index in [-0.39, 0.29) is 17.7 Å². The van der Waals surface area contributed by atoms with Gasteiger partial charge in [0.25, 0.3) is 5.91 Å². The molecular weight excluding hydrogens is 385 g/mol. The third kappa shape index (κ3) is 4.56. The predicted octanol–water partition coefficient (Wildman–Crippen LogP) is 4.29. The van der Waals surface area contributed by atoms with Crippen LogP contribution in [0.4, 0.5) is 10.1 Å². The Kier molecular flexibility index (Phi) is 6.30. The maximum absolute atomic E-state index is 13.7. The second-order valence-electron chi connectivity index (χ2n) is 7.10. The SMILES string of the molecule is COC(=O)CCc1c(C)nn(-c2ccc(C(=O)Nc3ccc(C)c(F)c3)cc2)c1C. The van der Waals surface area contributed by atoms with Gasteiger partial charge in [0.2, 0.25) is 0 Å². The highest BCUT2D eigenvalue weighted by Crippen LogP contribution is 2.21. The van der Waals surface area contributed by atoms with Gasteiger partial charge in [-0.1, -0.05) is 6.07 Å². The van der Waals surface area contributed by atoms with Crippen LogP contribution in [-0.2, 0) is 16.0 Å². The minimum Gasteiger partial charge on any atom is -0.469 e. The van der Waals surface area contributed by atoms with Crippen molar-refractivity contribution in [2.75, 3.05) is 12.4 Å². The van der Waals surface area contributed by atoms with E-state index in [1.807, 2.05) is 13.8 Å². The summed E-state index contributed by atoms with van der Waals surface area (Å²) in [5.41, 5.74) is 4.96. The second-order valence-corrected chi connectivity index (χ2v) is 7.10. The van der Waals surface area contributed by atoms with Crippen molar-refractivity contribution in [3.05, 3.63) is 76.4 Å². The van der Waals surface area contributed by atoms with E-state index in [0.29, 0.717) is 29.7 Å². The predicted molar refractivity (Wildman–Crippen MR) is 112 cm³/mol. The van der Waals surface area contributed by atoms with Crippen molar-refractivity contribution in [1.82, 2.24) is 9.78 Å². The number of amides is 1. The summed E-state index contributed by atoms with van der Waals surface area (Å²) in [7, 11) is 1.37. The summed E-state index contributed by atoms with van der Waals surface area (Å²) in [5.74, 6) is -0.946. The fourth-order valence-electron chi connectivity index (χ4n) is 3.25. The molecule has 1 amide bonds. The van der Waals surface area contributed by atoms with E-state index in [9.17, 15) is 14.0 Å². The first-order valence-corrected chi connectivity index (χ1v) is 9.60. The number of carbonyl (C=O) groups is 2. The topological polar surface area (TPSA) is 73.2 Å². The summed E-state index contributed by atoms with van der Waals surface area (Å²) in [6, 6.07) is 11.6. The summed E-state index contributed by atoms with van der Waals surface area (Å²) in [6.45, 7) is 5.51. The zero-order valence-electron chi connectivity index (χ0n) is 17.5. The molecule has 7 heteroatoms. The minimum absolute atomic E-state index is 0.259. The normalized spacial score (nSPS) is 10.7. The Balaban J connectivity index is 1.76. The molecule has 0 aliphatic carbocycles. The number of nitrogens with one attached hydrogen (secondary N) is 1. The molecule has 0 aliphatic rings. The van der Waals surface area contributed by atoms with Gasteiger partial charge < -0.3 is 10.1 Å². The molecule has 0 bridgehead atoms. The smallest absolute Gasteiger partial charge is 0.305 e. The van der Waals surface area contributed by atoms with E-state index in [0.717, 1.165) is 22.6 Å². The van der Waals surface area contributed by atoms with Gasteiger partial charge in [-0.3, -0.25) is 9.59 Å². The summed E-state index contributed by atoms with van der Waals surface area (Å²) in [4.78, 5) is 23.9. The molecule has 2 aromatic carbocycles. The standard InChI is InChI=1S/C23H24FN3O3/c1-14-5-8-18(13-21(14)24)25-23(29)17-6-9-19(10-7-17)27-16(3)20(15(2)26-27)11-12-22(28)30-4/h5-10,13H,11-12H2,1-4H3,(H,25,29). The summed E-state index contributed by atoms with van der Waals surface area (Å²) >= 11 is 0. The first-order valence-electron chi connectivity index (χ1n) is 9.60. The lowest BCUT2D eigenvalue weighted by Gasteiger charge is -2.09. The van der Waals surface area contributed by atoms with Crippen LogP contribution in [0.25, 0.3) is 5.69 Å². The zero-order valence-corrected chi connectivity index (χ0v) is 17.5. The van der Waals surface area contributed by atoms with Crippen LogP contribution in [0.2, 0.25) is 0 Å². The third-order valence-corrected chi connectivity index (χ3v) is 5.05. The number of aromatic nitrogens is 2. The molecule has 0 unspecified atom stereocenters. The van der Waals surface area contributed by atoms with Crippen molar-refractivity contribution in [3.8, 4) is 5.69 Å². The highest BCUT2D eigenvalue weighted by Gasteiger charge is 2.15. The fourth-order valence-corrected chi connectivity index (χ4v) is 3.25. The Bertz CT molecular complexity index is 1090. The van der Waals surface area contributed by atoms with Crippen LogP contribution >= 0.6 is 0 Å². The molecule has 0 atom stereocenters. The first kappa shape index (κ1) is 21.2. The molecule has 1 aromatic heterocycles. The molecule has 6 nitrogen and oxygen atoms in total. The Hall–Kier alpha value is -3.48. The lowest BCUT2D eigenvalue weighted by Crippen LogP contribution is -2.12. The molecule has 156 valence electrons. The van der Waals surface area contributed by atoms with Crippen LogP contribution < -0.4 is 5.32 Å². The van der Waals surface area contributed by atoms with Crippen LogP contribution in [0.5, 0.6) is 0 Å². The van der Waals surface area contributed by atoms with Crippen LogP contribution in [0.1, 0.15) is 39.3 Å². The largest absolute Gasteiger partial charge is 0.469 e. The Morgan fingerprint density at radius 3 is 2.43 bits per heavy atom. The summed E-state index contributed by atoms with van der Waals surface area (Å²) in [5, 5.41) is 7.26. The molecule has 30 heavy (non-hydrogen) atoms. The highest BCUT2D eigenvalue weighted by molar-refractivity contribution is 6.04. The Morgan fingerprint density at radius 1 is 1.10 bits per heavy atom. The Labute approximate surface area is 174 Å². The maximum Gasteiger partial charge on any atom is 0.305 e. The van der Waals surface area contributed by atoms with Crippen molar-refractivity contribution in [3.63, 3.8) is 0 Å². The summed E-state index contributed by atoms with van der Waals surface area (Å²) in [6.07, 6.45) is 0.848. The fraction of sp³-hybridized carbons (Fsp3) is 0.261. The number of methoxy groups -OCH3 is 1. The van der Waals surface area contributed by atoms with Gasteiger partial charge >= 0.3 is 5.97 Å². The van der Waals surface area contributed by atoms with Crippen molar-refractivity contribution in [2.24, 2.45) is 0 Å². The number of nitrogens with zero attached hydrogens (tertiary/aromatic N) is 2. The number of ether oxygens (including phenoxy) is 1. The number of esters is 1. The van der Waals surface area contributed by atoms with Crippen LogP contribution in [0, 0.1) is 26.6 Å². The van der Waals surface area contributed by atoms with Crippen LogP contribution in [-0.4, -0.2) is 28.8 Å². The van der Waals surface area contributed by atoms with Gasteiger partial charge in [0.05, 0.1) is 18.5 Å². The number of anilines is 1. The van der Waals surface area contributed by atoms with E-state index in [4.69, 9.17) is 4.74 Å². The van der Waals surface area contributed by atoms with Gasteiger partial charge in [-0.25, -0.2) is 9.07 Å². The number of rotatable bonds is 6. The van der Waals surface area contributed by atoms with Gasteiger partial charge in [0, 0.05) is 23.4 Å². The molecule has 1 heterocycles. The number of benzene rings is 2. The first-order chi connectivity index (χ1) is 14.3. The third-order valence-electron chi connectivity index (χ3n) is 5.05. The number of hydrogen-bond donors (Lipinski definition) is 1. The average molecular weight is 409 g/mol. The lowest BCUT2D eigenvalue weighted by atomic mass is 10.1. The Morgan fingerprint density at radius 2 is 1.80 bits per heavy atom. The summed E-state index contributed by atoms with van der Waals surface area (Å²) < 4.78 is 20.2. The monoisotopic (exact) mass is 409 g/mol. The number of aryl methyl sites for hydroxylation is 2. The number of halogens is 1. The molecular formula is C23H24FN3O3. The van der Waals surface area contributed by atoms with Crippen molar-refractivity contribution < 1.29 is 18.7 Å². The number of hydrogen-bond acceptors (Lipinski definition) is 4. The van der Waals surface area contributed by atoms with Gasteiger partial charge in [0.1, 0.15) is 5.82 Å². The second kappa shape index (κ2) is 8.90. The maximum atomic E-state index is 13.7. The van der Waals surface area contributed by atoms with Gasteiger partial charge in [-0.2, -0.15) is 5.10 Å². The van der Waals surface area contributed by atoms with Crippen LogP contribution in [0.15, 0.2) is 42.5 Å².